The third-order valence-electron chi connectivity index (χ3n) is 2.80. The van der Waals surface area contributed by atoms with E-state index in [2.05, 4.69) is 10.5 Å². The van der Waals surface area contributed by atoms with Crippen molar-refractivity contribution in [2.45, 2.75) is 6.92 Å². The highest BCUT2D eigenvalue weighted by molar-refractivity contribution is 5.83. The van der Waals surface area contributed by atoms with Gasteiger partial charge in [-0.25, -0.2) is 5.43 Å². The predicted octanol–water partition coefficient (Wildman–Crippen LogP) is 2.32. The quantitative estimate of drug-likeness (QED) is 0.607. The Kier molecular flexibility index (Phi) is 5.99. The van der Waals surface area contributed by atoms with Crippen LogP contribution in [0.5, 0.6) is 17.2 Å². The van der Waals surface area contributed by atoms with E-state index in [9.17, 15) is 4.79 Å². The van der Waals surface area contributed by atoms with E-state index in [-0.39, 0.29) is 18.3 Å². The van der Waals surface area contributed by atoms with Gasteiger partial charge in [0.1, 0.15) is 17.2 Å². The Hall–Kier alpha value is -3.02. The molecule has 0 unspecified atom stereocenters. The van der Waals surface area contributed by atoms with E-state index in [1.54, 1.807) is 36.4 Å². The predicted molar refractivity (Wildman–Crippen MR) is 86.9 cm³/mol. The second-order valence-corrected chi connectivity index (χ2v) is 4.58. The molecule has 6 nitrogen and oxygen atoms in total. The van der Waals surface area contributed by atoms with Crippen LogP contribution >= 0.6 is 0 Å². The molecule has 2 N–H and O–H groups in total. The molecule has 120 valence electrons. The number of phenols is 1. The number of hydrogen-bond acceptors (Lipinski definition) is 5. The molecular formula is C17H18N2O4. The topological polar surface area (TPSA) is 80.2 Å². The number of aromatic hydroxyl groups is 1. The molecule has 0 aliphatic heterocycles. The molecule has 0 aliphatic rings. The number of hydrogen-bond donors (Lipinski definition) is 2. The molecule has 2 aromatic rings. The van der Waals surface area contributed by atoms with Crippen molar-refractivity contribution in [1.82, 2.24) is 5.43 Å². The molecule has 0 aromatic heterocycles. The van der Waals surface area contributed by atoms with Crippen molar-refractivity contribution < 1.29 is 19.4 Å². The molecule has 2 rings (SSSR count). The van der Waals surface area contributed by atoms with Gasteiger partial charge in [-0.3, -0.25) is 4.79 Å². The van der Waals surface area contributed by atoms with Gasteiger partial charge in [0.2, 0.25) is 0 Å². The van der Waals surface area contributed by atoms with Crippen LogP contribution in [0.3, 0.4) is 0 Å². The standard InChI is InChI=1S/C17H18N2O4/c1-2-22-15-7-9-16(10-8-15)23-12-17(21)19-18-11-13-3-5-14(20)6-4-13/h3-11,20H,2,12H2,1H3,(H,19,21)/b18-11+. The minimum absolute atomic E-state index is 0.138. The summed E-state index contributed by atoms with van der Waals surface area (Å²) >= 11 is 0. The Morgan fingerprint density at radius 3 is 2.30 bits per heavy atom. The highest BCUT2D eigenvalue weighted by Gasteiger charge is 2.01. The van der Waals surface area contributed by atoms with Crippen LogP contribution in [0, 0.1) is 0 Å². The number of amides is 1. The van der Waals surface area contributed by atoms with Crippen molar-refractivity contribution in [1.29, 1.82) is 0 Å². The van der Waals surface area contributed by atoms with Crippen LogP contribution in [0.25, 0.3) is 0 Å². The van der Waals surface area contributed by atoms with Crippen molar-refractivity contribution in [3.8, 4) is 17.2 Å². The molecular weight excluding hydrogens is 296 g/mol. The maximum absolute atomic E-state index is 11.6. The first kappa shape index (κ1) is 16.4. The van der Waals surface area contributed by atoms with Gasteiger partial charge in [0.15, 0.2) is 6.61 Å². The SMILES string of the molecule is CCOc1ccc(OCC(=O)N/N=C/c2ccc(O)cc2)cc1. The number of phenolic OH excluding ortho intramolecular Hbond substituents is 1. The molecule has 0 bridgehead atoms. The van der Waals surface area contributed by atoms with Crippen LogP contribution in [-0.2, 0) is 4.79 Å². The molecule has 6 heteroatoms. The van der Waals surface area contributed by atoms with Gasteiger partial charge in [0.25, 0.3) is 5.91 Å². The molecule has 0 saturated heterocycles. The summed E-state index contributed by atoms with van der Waals surface area (Å²) in [6.45, 7) is 2.37. The molecule has 1 amide bonds. The number of hydrazone groups is 1. The highest BCUT2D eigenvalue weighted by Crippen LogP contribution is 2.17. The largest absolute Gasteiger partial charge is 0.508 e. The number of rotatable bonds is 7. The molecule has 0 radical (unpaired) electrons. The van der Waals surface area contributed by atoms with Crippen LogP contribution in [0.1, 0.15) is 12.5 Å². The molecule has 0 atom stereocenters. The molecule has 0 spiro atoms. The summed E-state index contributed by atoms with van der Waals surface area (Å²) in [5, 5.41) is 13.0. The number of benzene rings is 2. The summed E-state index contributed by atoms with van der Waals surface area (Å²) < 4.78 is 10.7. The molecule has 0 fully saturated rings. The smallest absolute Gasteiger partial charge is 0.277 e. The summed E-state index contributed by atoms with van der Waals surface area (Å²) in [5.41, 5.74) is 3.13. The average Bonchev–Trinajstić information content (AvgIpc) is 2.56. The first-order valence-corrected chi connectivity index (χ1v) is 7.14. The van der Waals surface area contributed by atoms with Crippen LogP contribution in [0.2, 0.25) is 0 Å². The maximum atomic E-state index is 11.6. The Balaban J connectivity index is 1.75. The van der Waals surface area contributed by atoms with E-state index in [0.29, 0.717) is 12.4 Å². The van der Waals surface area contributed by atoms with Gasteiger partial charge in [0.05, 0.1) is 12.8 Å². The summed E-state index contributed by atoms with van der Waals surface area (Å²) in [4.78, 5) is 11.6. The fourth-order valence-corrected chi connectivity index (χ4v) is 1.72. The first-order chi connectivity index (χ1) is 11.2. The number of nitrogens with zero attached hydrogens (tertiary/aromatic N) is 1. The average molecular weight is 314 g/mol. The summed E-state index contributed by atoms with van der Waals surface area (Å²) in [7, 11) is 0. The minimum Gasteiger partial charge on any atom is -0.508 e. The fourth-order valence-electron chi connectivity index (χ4n) is 1.72. The monoisotopic (exact) mass is 314 g/mol. The Bertz CT molecular complexity index is 651. The van der Waals surface area contributed by atoms with Crippen molar-refractivity contribution in [3.63, 3.8) is 0 Å². The van der Waals surface area contributed by atoms with Gasteiger partial charge in [-0.15, -0.1) is 0 Å². The molecule has 2 aromatic carbocycles. The lowest BCUT2D eigenvalue weighted by Gasteiger charge is -2.06. The summed E-state index contributed by atoms with van der Waals surface area (Å²) in [6, 6.07) is 13.5. The third kappa shape index (κ3) is 5.70. The van der Waals surface area contributed by atoms with Crippen LogP contribution in [0.4, 0.5) is 0 Å². The number of carbonyl (C=O) groups excluding carboxylic acids is 1. The zero-order valence-corrected chi connectivity index (χ0v) is 12.7. The second kappa shape index (κ2) is 8.43. The number of carbonyl (C=O) groups is 1. The molecule has 23 heavy (non-hydrogen) atoms. The van der Waals surface area contributed by atoms with Gasteiger partial charge in [-0.2, -0.15) is 5.10 Å². The van der Waals surface area contributed by atoms with Crippen molar-refractivity contribution in [2.75, 3.05) is 13.2 Å². The Morgan fingerprint density at radius 2 is 1.70 bits per heavy atom. The van der Waals surface area contributed by atoms with Crippen molar-refractivity contribution >= 4 is 12.1 Å². The summed E-state index contributed by atoms with van der Waals surface area (Å²) in [5.74, 6) is 1.14. The summed E-state index contributed by atoms with van der Waals surface area (Å²) in [6.07, 6.45) is 1.48. The van der Waals surface area contributed by atoms with E-state index in [1.807, 2.05) is 6.92 Å². The Labute approximate surface area is 134 Å². The minimum atomic E-state index is -0.367. The van der Waals surface area contributed by atoms with E-state index < -0.39 is 0 Å². The van der Waals surface area contributed by atoms with Gasteiger partial charge < -0.3 is 14.6 Å². The van der Waals surface area contributed by atoms with E-state index in [1.165, 1.54) is 18.3 Å². The second-order valence-electron chi connectivity index (χ2n) is 4.58. The van der Waals surface area contributed by atoms with Crippen LogP contribution in [-0.4, -0.2) is 30.4 Å². The molecule has 0 heterocycles. The molecule has 0 aliphatic carbocycles. The van der Waals surface area contributed by atoms with Crippen molar-refractivity contribution in [2.24, 2.45) is 5.10 Å². The highest BCUT2D eigenvalue weighted by atomic mass is 16.5. The van der Waals surface area contributed by atoms with Crippen LogP contribution in [0.15, 0.2) is 53.6 Å². The first-order valence-electron chi connectivity index (χ1n) is 7.14. The van der Waals surface area contributed by atoms with E-state index >= 15 is 0 Å². The zero-order valence-electron chi connectivity index (χ0n) is 12.7. The van der Waals surface area contributed by atoms with E-state index in [0.717, 1.165) is 11.3 Å². The van der Waals surface area contributed by atoms with E-state index in [4.69, 9.17) is 14.6 Å². The maximum Gasteiger partial charge on any atom is 0.277 e. The zero-order chi connectivity index (χ0) is 16.5. The Morgan fingerprint density at radius 1 is 1.09 bits per heavy atom. The molecule has 0 saturated carbocycles. The van der Waals surface area contributed by atoms with Gasteiger partial charge in [-0.05, 0) is 61.0 Å². The fraction of sp³-hybridized carbons (Fsp3) is 0.176. The normalized spacial score (nSPS) is 10.5. The number of nitrogens with one attached hydrogen (secondary N) is 1. The van der Waals surface area contributed by atoms with Gasteiger partial charge in [-0.1, -0.05) is 0 Å². The van der Waals surface area contributed by atoms with Gasteiger partial charge in [0, 0.05) is 0 Å². The third-order valence-corrected chi connectivity index (χ3v) is 2.80. The van der Waals surface area contributed by atoms with Gasteiger partial charge >= 0.3 is 0 Å². The van der Waals surface area contributed by atoms with Crippen molar-refractivity contribution in [3.05, 3.63) is 54.1 Å². The van der Waals surface area contributed by atoms with Crippen LogP contribution < -0.4 is 14.9 Å². The number of ether oxygens (including phenoxy) is 2. The lowest BCUT2D eigenvalue weighted by molar-refractivity contribution is -0.123. The lowest BCUT2D eigenvalue weighted by atomic mass is 10.2. The lowest BCUT2D eigenvalue weighted by Crippen LogP contribution is -2.24.